The van der Waals surface area contributed by atoms with Crippen molar-refractivity contribution >= 4 is 23.5 Å². The van der Waals surface area contributed by atoms with Gasteiger partial charge >= 0.3 is 12.1 Å². The van der Waals surface area contributed by atoms with Gasteiger partial charge in [0.1, 0.15) is 5.54 Å². The normalized spacial score (nSPS) is 28.1. The number of anilines is 1. The molecule has 3 aliphatic rings. The third kappa shape index (κ3) is 4.40. The molecule has 2 amide bonds. The lowest BCUT2D eigenvalue weighted by Crippen LogP contribution is -2.57. The van der Waals surface area contributed by atoms with Crippen molar-refractivity contribution in [1.29, 1.82) is 0 Å². The molecule has 38 heavy (non-hydrogen) atoms. The van der Waals surface area contributed by atoms with Crippen molar-refractivity contribution in [3.05, 3.63) is 65.2 Å². The highest BCUT2D eigenvalue weighted by Gasteiger charge is 2.69. The van der Waals surface area contributed by atoms with Crippen LogP contribution >= 0.6 is 0 Å². The van der Waals surface area contributed by atoms with Gasteiger partial charge in [0.15, 0.2) is 0 Å². The zero-order chi connectivity index (χ0) is 27.2. The Morgan fingerprint density at radius 3 is 2.34 bits per heavy atom. The Balaban J connectivity index is 1.61. The molecular formula is C29H31F3N2O4. The van der Waals surface area contributed by atoms with Crippen LogP contribution in [0.15, 0.2) is 48.5 Å². The number of aliphatic carboxylic acids is 1. The Hall–Kier alpha value is -3.20. The van der Waals surface area contributed by atoms with Gasteiger partial charge < -0.3 is 5.11 Å². The summed E-state index contributed by atoms with van der Waals surface area (Å²) in [6, 6.07) is 10.5. The number of nitrogens with zero attached hydrogens (tertiary/aromatic N) is 1. The lowest BCUT2D eigenvalue weighted by Gasteiger charge is -2.35. The maximum atomic E-state index is 13.9. The van der Waals surface area contributed by atoms with Crippen LogP contribution in [0.25, 0.3) is 0 Å². The summed E-state index contributed by atoms with van der Waals surface area (Å²) in [4.78, 5) is 41.8. The average molecular weight is 529 g/mol. The highest BCUT2D eigenvalue weighted by atomic mass is 19.4. The van der Waals surface area contributed by atoms with Gasteiger partial charge in [0, 0.05) is 6.04 Å². The second-order valence-corrected chi connectivity index (χ2v) is 10.8. The SMILES string of the molecule is CCc1ccc(N2C(=O)C3C(c4cccc(C(F)(F)F)c4)NC(CC4CCCCC4)(C(=O)O)C3C2=O)cc1. The summed E-state index contributed by atoms with van der Waals surface area (Å²) in [5, 5.41) is 13.7. The third-order valence-electron chi connectivity index (χ3n) is 8.55. The molecule has 0 spiro atoms. The van der Waals surface area contributed by atoms with E-state index in [1.807, 2.05) is 6.92 Å². The molecule has 1 aliphatic carbocycles. The number of rotatable bonds is 6. The number of benzene rings is 2. The first-order valence-corrected chi connectivity index (χ1v) is 13.2. The summed E-state index contributed by atoms with van der Waals surface area (Å²) in [7, 11) is 0. The largest absolute Gasteiger partial charge is 0.480 e. The van der Waals surface area contributed by atoms with Crippen LogP contribution < -0.4 is 10.2 Å². The number of carboxylic acids is 1. The summed E-state index contributed by atoms with van der Waals surface area (Å²) in [6.07, 6.45) is 0.880. The molecule has 2 N–H and O–H groups in total. The smallest absolute Gasteiger partial charge is 0.416 e. The summed E-state index contributed by atoms with van der Waals surface area (Å²) in [5.41, 5.74) is -1.17. The van der Waals surface area contributed by atoms with E-state index >= 15 is 0 Å². The van der Waals surface area contributed by atoms with E-state index in [1.165, 1.54) is 12.1 Å². The van der Waals surface area contributed by atoms with E-state index in [1.54, 1.807) is 24.3 Å². The Bertz CT molecular complexity index is 1240. The first kappa shape index (κ1) is 26.4. The van der Waals surface area contributed by atoms with Crippen molar-refractivity contribution in [3.63, 3.8) is 0 Å². The number of fused-ring (bicyclic) bond motifs is 1. The zero-order valence-corrected chi connectivity index (χ0v) is 21.1. The van der Waals surface area contributed by atoms with E-state index in [4.69, 9.17) is 0 Å². The fraction of sp³-hybridized carbons (Fsp3) is 0.483. The summed E-state index contributed by atoms with van der Waals surface area (Å²) in [6.45, 7) is 1.98. The molecular weight excluding hydrogens is 497 g/mol. The minimum absolute atomic E-state index is 0.0362. The molecule has 6 nitrogen and oxygen atoms in total. The predicted molar refractivity (Wildman–Crippen MR) is 134 cm³/mol. The number of carbonyl (C=O) groups excluding carboxylic acids is 2. The molecule has 9 heteroatoms. The molecule has 2 saturated heterocycles. The molecule has 0 bridgehead atoms. The van der Waals surface area contributed by atoms with Crippen molar-refractivity contribution in [3.8, 4) is 0 Å². The molecule has 1 saturated carbocycles. The second-order valence-electron chi connectivity index (χ2n) is 10.8. The van der Waals surface area contributed by atoms with E-state index in [9.17, 15) is 32.7 Å². The number of halogens is 3. The van der Waals surface area contributed by atoms with Gasteiger partial charge in [-0.1, -0.05) is 63.3 Å². The Labute approximate surface area is 219 Å². The molecule has 4 unspecified atom stereocenters. The average Bonchev–Trinajstić information content (AvgIpc) is 3.38. The molecule has 2 aromatic rings. The van der Waals surface area contributed by atoms with Gasteiger partial charge in [0.2, 0.25) is 11.8 Å². The lowest BCUT2D eigenvalue weighted by molar-refractivity contribution is -0.150. The molecule has 2 aromatic carbocycles. The van der Waals surface area contributed by atoms with E-state index in [0.29, 0.717) is 5.69 Å². The van der Waals surface area contributed by atoms with Crippen molar-refractivity contribution < 1.29 is 32.7 Å². The van der Waals surface area contributed by atoms with Crippen LogP contribution in [0.3, 0.4) is 0 Å². The fourth-order valence-electron chi connectivity index (χ4n) is 6.65. The Morgan fingerprint density at radius 2 is 1.74 bits per heavy atom. The topological polar surface area (TPSA) is 86.7 Å². The van der Waals surface area contributed by atoms with Crippen molar-refractivity contribution in [2.75, 3.05) is 4.90 Å². The monoisotopic (exact) mass is 528 g/mol. The number of alkyl halides is 3. The highest BCUT2D eigenvalue weighted by molar-refractivity contribution is 6.24. The fourth-order valence-corrected chi connectivity index (χ4v) is 6.65. The van der Waals surface area contributed by atoms with E-state index in [0.717, 1.165) is 61.1 Å². The first-order chi connectivity index (χ1) is 18.1. The predicted octanol–water partition coefficient (Wildman–Crippen LogP) is 5.51. The number of amides is 2. The van der Waals surface area contributed by atoms with Crippen LogP contribution in [-0.4, -0.2) is 28.4 Å². The van der Waals surface area contributed by atoms with E-state index in [-0.39, 0.29) is 17.9 Å². The summed E-state index contributed by atoms with van der Waals surface area (Å²) < 4.78 is 40.7. The third-order valence-corrected chi connectivity index (χ3v) is 8.55. The van der Waals surface area contributed by atoms with Crippen molar-refractivity contribution in [2.24, 2.45) is 17.8 Å². The number of hydrogen-bond acceptors (Lipinski definition) is 4. The van der Waals surface area contributed by atoms with Gasteiger partial charge in [-0.2, -0.15) is 13.2 Å². The van der Waals surface area contributed by atoms with E-state index < -0.39 is 52.9 Å². The number of carbonyl (C=O) groups is 3. The Morgan fingerprint density at radius 1 is 1.05 bits per heavy atom. The maximum Gasteiger partial charge on any atom is 0.416 e. The molecule has 2 heterocycles. The Kier molecular flexibility index (Phi) is 6.84. The molecule has 5 rings (SSSR count). The quantitative estimate of drug-likeness (QED) is 0.483. The number of carboxylic acid groups (broad SMARTS) is 1. The number of nitrogens with one attached hydrogen (secondary N) is 1. The van der Waals surface area contributed by atoms with Crippen LogP contribution in [-0.2, 0) is 27.0 Å². The van der Waals surface area contributed by atoms with Crippen molar-refractivity contribution in [1.82, 2.24) is 5.32 Å². The summed E-state index contributed by atoms with van der Waals surface area (Å²) >= 11 is 0. The molecule has 202 valence electrons. The van der Waals surface area contributed by atoms with Crippen molar-refractivity contribution in [2.45, 2.75) is 69.6 Å². The maximum absolute atomic E-state index is 13.9. The molecule has 2 aliphatic heterocycles. The molecule has 0 aromatic heterocycles. The van der Waals surface area contributed by atoms with Crippen LogP contribution in [0.2, 0.25) is 0 Å². The number of imide groups is 1. The highest BCUT2D eigenvalue weighted by Crippen LogP contribution is 2.53. The van der Waals surface area contributed by atoms with Gasteiger partial charge in [-0.3, -0.25) is 19.7 Å². The van der Waals surface area contributed by atoms with Crippen LogP contribution in [0.4, 0.5) is 18.9 Å². The molecule has 4 atom stereocenters. The number of hydrogen-bond donors (Lipinski definition) is 2. The van der Waals surface area contributed by atoms with Gasteiger partial charge in [-0.25, -0.2) is 4.90 Å². The van der Waals surface area contributed by atoms with Crippen LogP contribution in [0.5, 0.6) is 0 Å². The van der Waals surface area contributed by atoms with Gasteiger partial charge in [-0.05, 0) is 54.2 Å². The minimum Gasteiger partial charge on any atom is -0.480 e. The van der Waals surface area contributed by atoms with Gasteiger partial charge in [-0.15, -0.1) is 0 Å². The van der Waals surface area contributed by atoms with Gasteiger partial charge in [0.05, 0.1) is 23.1 Å². The van der Waals surface area contributed by atoms with Crippen LogP contribution in [0, 0.1) is 17.8 Å². The first-order valence-electron chi connectivity index (χ1n) is 13.2. The van der Waals surface area contributed by atoms with Crippen LogP contribution in [0.1, 0.15) is 68.2 Å². The lowest BCUT2D eigenvalue weighted by atomic mass is 9.72. The van der Waals surface area contributed by atoms with Gasteiger partial charge in [0.25, 0.3) is 0 Å². The standard InChI is InChI=1S/C29H31F3N2O4/c1-2-17-11-13-21(14-12-17)34-25(35)22-23(26(34)36)28(27(37)38,16-18-7-4-3-5-8-18)33-24(22)19-9-6-10-20(15-19)29(30,31)32/h6,9-15,18,22-24,33H,2-5,7-8,16H2,1H3,(H,37,38). The minimum atomic E-state index is -4.61. The zero-order valence-electron chi connectivity index (χ0n) is 21.1. The number of aryl methyl sites for hydroxylation is 1. The molecule has 3 fully saturated rings. The second kappa shape index (κ2) is 9.84. The summed E-state index contributed by atoms with van der Waals surface area (Å²) in [5.74, 6) is -4.81. The van der Waals surface area contributed by atoms with E-state index in [2.05, 4.69) is 5.32 Å². The molecule has 0 radical (unpaired) electrons.